The van der Waals surface area contributed by atoms with Gasteiger partial charge >= 0.3 is 0 Å². The van der Waals surface area contributed by atoms with Gasteiger partial charge in [-0.2, -0.15) is 0 Å². The molecule has 2 N–H and O–H groups in total. The topological polar surface area (TPSA) is 26.0 Å². The predicted molar refractivity (Wildman–Crippen MR) is 56.1 cm³/mol. The molecule has 0 heterocycles. The Morgan fingerprint density at radius 2 is 2.23 bits per heavy atom. The van der Waals surface area contributed by atoms with Crippen LogP contribution in [0.2, 0.25) is 0 Å². The zero-order valence-corrected chi connectivity index (χ0v) is 9.14. The summed E-state index contributed by atoms with van der Waals surface area (Å²) in [4.78, 5) is 0. The second kappa shape index (κ2) is 4.72. The van der Waals surface area contributed by atoms with E-state index in [4.69, 9.17) is 5.73 Å². The Morgan fingerprint density at radius 1 is 1.54 bits per heavy atom. The van der Waals surface area contributed by atoms with Crippen molar-refractivity contribution in [2.75, 3.05) is 0 Å². The van der Waals surface area contributed by atoms with Gasteiger partial charge in [0, 0.05) is 6.04 Å². The summed E-state index contributed by atoms with van der Waals surface area (Å²) < 4.78 is 13.6. The highest BCUT2D eigenvalue weighted by molar-refractivity contribution is 9.10. The molecule has 0 aliphatic carbocycles. The molecule has 3 heteroatoms. The van der Waals surface area contributed by atoms with E-state index in [0.717, 1.165) is 18.4 Å². The fourth-order valence-corrected chi connectivity index (χ4v) is 1.59. The van der Waals surface area contributed by atoms with Crippen LogP contribution in [0.1, 0.15) is 18.9 Å². The Bertz CT molecular complexity index is 286. The van der Waals surface area contributed by atoms with Crippen LogP contribution in [0.25, 0.3) is 0 Å². The lowest BCUT2D eigenvalue weighted by atomic mass is 10.1. The zero-order valence-electron chi connectivity index (χ0n) is 7.56. The maximum atomic E-state index is 13.0. The molecule has 1 rings (SSSR count). The first kappa shape index (κ1) is 10.7. The van der Waals surface area contributed by atoms with E-state index < -0.39 is 0 Å². The maximum absolute atomic E-state index is 13.0. The minimum absolute atomic E-state index is 0.162. The molecule has 1 atom stereocenters. The standard InChI is InChI=1S/C10H13BrFN/c1-7(13)5-6-8-3-2-4-9(12)10(8)11/h2-4,7H,5-6,13H2,1H3/t7-/m0/s1. The highest BCUT2D eigenvalue weighted by atomic mass is 79.9. The normalized spacial score (nSPS) is 12.9. The van der Waals surface area contributed by atoms with Crippen molar-refractivity contribution >= 4 is 15.9 Å². The number of nitrogens with two attached hydrogens (primary N) is 1. The van der Waals surface area contributed by atoms with E-state index in [9.17, 15) is 4.39 Å². The molecule has 0 radical (unpaired) electrons. The fraction of sp³-hybridized carbons (Fsp3) is 0.400. The van der Waals surface area contributed by atoms with Crippen molar-refractivity contribution in [3.8, 4) is 0 Å². The number of halogens is 2. The molecule has 0 bridgehead atoms. The summed E-state index contributed by atoms with van der Waals surface area (Å²) in [6.45, 7) is 1.95. The van der Waals surface area contributed by atoms with Gasteiger partial charge in [0.05, 0.1) is 4.47 Å². The number of hydrogen-bond donors (Lipinski definition) is 1. The molecule has 0 fully saturated rings. The van der Waals surface area contributed by atoms with E-state index in [1.54, 1.807) is 6.07 Å². The molecule has 1 aromatic rings. The highest BCUT2D eigenvalue weighted by Crippen LogP contribution is 2.21. The van der Waals surface area contributed by atoms with Crippen molar-refractivity contribution in [2.45, 2.75) is 25.8 Å². The van der Waals surface area contributed by atoms with Crippen LogP contribution >= 0.6 is 15.9 Å². The molecule has 13 heavy (non-hydrogen) atoms. The average Bonchev–Trinajstić information content (AvgIpc) is 2.07. The van der Waals surface area contributed by atoms with Gasteiger partial charge in [-0.1, -0.05) is 12.1 Å². The van der Waals surface area contributed by atoms with E-state index in [2.05, 4.69) is 15.9 Å². The second-order valence-electron chi connectivity index (χ2n) is 3.23. The summed E-state index contributed by atoms with van der Waals surface area (Å²) in [5, 5.41) is 0. The van der Waals surface area contributed by atoms with E-state index in [0.29, 0.717) is 4.47 Å². The first-order chi connectivity index (χ1) is 6.11. The van der Waals surface area contributed by atoms with Gasteiger partial charge in [0.1, 0.15) is 5.82 Å². The molecule has 1 aromatic carbocycles. The van der Waals surface area contributed by atoms with Crippen molar-refractivity contribution in [2.24, 2.45) is 5.73 Å². The fourth-order valence-electron chi connectivity index (χ4n) is 1.12. The third-order valence-electron chi connectivity index (χ3n) is 1.90. The smallest absolute Gasteiger partial charge is 0.137 e. The van der Waals surface area contributed by atoms with Gasteiger partial charge in [-0.25, -0.2) is 4.39 Å². The van der Waals surface area contributed by atoms with Gasteiger partial charge in [-0.15, -0.1) is 0 Å². The molecule has 0 aromatic heterocycles. The molecule has 0 aliphatic rings. The quantitative estimate of drug-likeness (QED) is 0.871. The Balaban J connectivity index is 2.71. The van der Waals surface area contributed by atoms with Crippen molar-refractivity contribution in [3.63, 3.8) is 0 Å². The van der Waals surface area contributed by atoms with Crippen molar-refractivity contribution in [1.82, 2.24) is 0 Å². The number of aryl methyl sites for hydroxylation is 1. The Hall–Kier alpha value is -0.410. The molecule has 1 nitrogen and oxygen atoms in total. The van der Waals surface area contributed by atoms with E-state index in [1.807, 2.05) is 13.0 Å². The number of hydrogen-bond acceptors (Lipinski definition) is 1. The molecule has 0 saturated heterocycles. The molecule has 0 aliphatic heterocycles. The minimum Gasteiger partial charge on any atom is -0.328 e. The number of rotatable bonds is 3. The van der Waals surface area contributed by atoms with E-state index >= 15 is 0 Å². The Labute approximate surface area is 86.3 Å². The Morgan fingerprint density at radius 3 is 2.85 bits per heavy atom. The summed E-state index contributed by atoms with van der Waals surface area (Å²) in [5.41, 5.74) is 6.60. The summed E-state index contributed by atoms with van der Waals surface area (Å²) in [7, 11) is 0. The van der Waals surface area contributed by atoms with Gasteiger partial charge in [-0.3, -0.25) is 0 Å². The lowest BCUT2D eigenvalue weighted by molar-refractivity contribution is 0.612. The molecule has 0 amide bonds. The lowest BCUT2D eigenvalue weighted by Crippen LogP contribution is -2.15. The zero-order chi connectivity index (χ0) is 9.84. The van der Waals surface area contributed by atoms with Crippen LogP contribution in [-0.2, 0) is 6.42 Å². The van der Waals surface area contributed by atoms with Gasteiger partial charge < -0.3 is 5.73 Å². The molecular weight excluding hydrogens is 233 g/mol. The van der Waals surface area contributed by atoms with Crippen LogP contribution in [0, 0.1) is 5.82 Å². The van der Waals surface area contributed by atoms with Gasteiger partial charge in [0.2, 0.25) is 0 Å². The van der Waals surface area contributed by atoms with Crippen LogP contribution in [0.4, 0.5) is 4.39 Å². The molecule has 0 unspecified atom stereocenters. The van der Waals surface area contributed by atoms with Crippen molar-refractivity contribution < 1.29 is 4.39 Å². The Kier molecular flexibility index (Phi) is 3.88. The van der Waals surface area contributed by atoms with Gasteiger partial charge in [0.25, 0.3) is 0 Å². The van der Waals surface area contributed by atoms with Crippen LogP contribution < -0.4 is 5.73 Å². The number of benzene rings is 1. The largest absolute Gasteiger partial charge is 0.328 e. The van der Waals surface area contributed by atoms with E-state index in [1.165, 1.54) is 6.07 Å². The van der Waals surface area contributed by atoms with Crippen LogP contribution in [-0.4, -0.2) is 6.04 Å². The average molecular weight is 246 g/mol. The summed E-state index contributed by atoms with van der Waals surface area (Å²) in [6.07, 6.45) is 1.69. The first-order valence-electron chi connectivity index (χ1n) is 4.29. The summed E-state index contributed by atoms with van der Waals surface area (Å²) in [5.74, 6) is -0.206. The van der Waals surface area contributed by atoms with Gasteiger partial charge in [0.15, 0.2) is 0 Å². The molecule has 0 spiro atoms. The van der Waals surface area contributed by atoms with Gasteiger partial charge in [-0.05, 0) is 47.3 Å². The van der Waals surface area contributed by atoms with Crippen LogP contribution in [0.5, 0.6) is 0 Å². The minimum atomic E-state index is -0.206. The van der Waals surface area contributed by atoms with Crippen molar-refractivity contribution in [3.05, 3.63) is 34.1 Å². The summed E-state index contributed by atoms with van der Waals surface area (Å²) in [6, 6.07) is 5.24. The lowest BCUT2D eigenvalue weighted by Gasteiger charge is -2.07. The maximum Gasteiger partial charge on any atom is 0.137 e. The summed E-state index contributed by atoms with van der Waals surface area (Å²) >= 11 is 3.21. The molecule has 72 valence electrons. The SMILES string of the molecule is C[C@H](N)CCc1cccc(F)c1Br. The van der Waals surface area contributed by atoms with Crippen LogP contribution in [0.3, 0.4) is 0 Å². The van der Waals surface area contributed by atoms with E-state index in [-0.39, 0.29) is 11.9 Å². The molecule has 0 saturated carbocycles. The first-order valence-corrected chi connectivity index (χ1v) is 5.09. The second-order valence-corrected chi connectivity index (χ2v) is 4.02. The molecular formula is C10H13BrFN. The third kappa shape index (κ3) is 3.08. The predicted octanol–water partition coefficient (Wildman–Crippen LogP) is 2.87. The van der Waals surface area contributed by atoms with Crippen LogP contribution in [0.15, 0.2) is 22.7 Å². The third-order valence-corrected chi connectivity index (χ3v) is 2.79. The monoisotopic (exact) mass is 245 g/mol. The van der Waals surface area contributed by atoms with Crippen molar-refractivity contribution in [1.29, 1.82) is 0 Å². The highest BCUT2D eigenvalue weighted by Gasteiger charge is 2.05.